The quantitative estimate of drug-likeness (QED) is 0.131. The highest BCUT2D eigenvalue weighted by atomic mass is 16.5. The highest BCUT2D eigenvalue weighted by Crippen LogP contribution is 2.22. The Morgan fingerprint density at radius 2 is 1.82 bits per heavy atom. The van der Waals surface area contributed by atoms with Gasteiger partial charge in [0.15, 0.2) is 0 Å². The molecule has 0 aliphatic carbocycles. The van der Waals surface area contributed by atoms with Crippen LogP contribution in [0, 0.1) is 0 Å². The number of carboxylic acids is 2. The molecule has 0 saturated carbocycles. The number of carboxylic acid groups (broad SMARTS) is 2. The summed E-state index contributed by atoms with van der Waals surface area (Å²) in [5.41, 5.74) is 10.5. The summed E-state index contributed by atoms with van der Waals surface area (Å²) in [7, 11) is 1.65. The molecule has 1 aromatic carbocycles. The molecule has 0 saturated heterocycles. The first-order valence-corrected chi connectivity index (χ1v) is 11.0. The number of aromatic amines is 1. The van der Waals surface area contributed by atoms with Crippen molar-refractivity contribution in [3.63, 3.8) is 0 Å². The normalized spacial score (nSPS) is 11.3. The highest BCUT2D eigenvalue weighted by molar-refractivity contribution is 5.99. The number of hydrazone groups is 1. The number of hydrogen-bond donors (Lipinski definition) is 5. The standard InChI is InChI=1S/C16H23N5O.C7H12O4/c1-3-4-5-8-18-16(17)21-20-11-12-10-19-15-7-6-13(22-2)9-14(12)15;8-6(9)4-2-1-3-5-7(10)11/h6-7,9-11,19H,3-5,8H2,1-2H3,(H3,17,18,21);1-5H2,(H,8,9)(H,10,11)/b20-11-;. The number of unbranched alkanes of at least 4 members (excludes halogenated alkanes) is 4. The summed E-state index contributed by atoms with van der Waals surface area (Å²) in [6.45, 7) is 2.89. The first kappa shape index (κ1) is 27.5. The summed E-state index contributed by atoms with van der Waals surface area (Å²) in [6, 6.07) is 5.86. The molecule has 0 fully saturated rings. The molecule has 33 heavy (non-hydrogen) atoms. The van der Waals surface area contributed by atoms with Crippen molar-refractivity contribution < 1.29 is 24.5 Å². The Labute approximate surface area is 193 Å². The number of methoxy groups -OCH3 is 1. The zero-order valence-corrected chi connectivity index (χ0v) is 19.3. The van der Waals surface area contributed by atoms with Gasteiger partial charge in [0.25, 0.3) is 0 Å². The molecular formula is C23H35N5O5. The minimum absolute atomic E-state index is 0.139. The fourth-order valence-electron chi connectivity index (χ4n) is 2.85. The molecule has 1 heterocycles. The maximum Gasteiger partial charge on any atom is 0.303 e. The molecular weight excluding hydrogens is 426 g/mol. The number of H-pyrrole nitrogens is 1. The van der Waals surface area contributed by atoms with Crippen LogP contribution in [0.25, 0.3) is 10.9 Å². The summed E-state index contributed by atoms with van der Waals surface area (Å²) >= 11 is 0. The lowest BCUT2D eigenvalue weighted by Gasteiger charge is -2.00. The predicted molar refractivity (Wildman–Crippen MR) is 130 cm³/mol. The van der Waals surface area contributed by atoms with Gasteiger partial charge in [-0.25, -0.2) is 5.43 Å². The SMILES string of the molecule is CCCCCN=C(N)N/N=C\c1c[nH]c2ccc(OC)cc12.O=C(O)CCCCCC(=O)O. The lowest BCUT2D eigenvalue weighted by atomic mass is 10.1. The molecule has 2 rings (SSSR count). The summed E-state index contributed by atoms with van der Waals surface area (Å²) in [5.74, 6) is -0.489. The van der Waals surface area contributed by atoms with Gasteiger partial charge in [0.05, 0.1) is 13.3 Å². The van der Waals surface area contributed by atoms with Crippen LogP contribution in [-0.4, -0.2) is 53.0 Å². The summed E-state index contributed by atoms with van der Waals surface area (Å²) in [5, 5.41) is 21.6. The van der Waals surface area contributed by atoms with Crippen LogP contribution in [0.5, 0.6) is 5.75 Å². The molecule has 182 valence electrons. The zero-order chi connectivity index (χ0) is 24.5. The van der Waals surface area contributed by atoms with E-state index >= 15 is 0 Å². The first-order chi connectivity index (χ1) is 15.9. The van der Waals surface area contributed by atoms with Crippen LogP contribution in [-0.2, 0) is 9.59 Å². The van der Waals surface area contributed by atoms with E-state index < -0.39 is 11.9 Å². The Hall–Kier alpha value is -3.56. The van der Waals surface area contributed by atoms with Crippen molar-refractivity contribution in [2.24, 2.45) is 15.8 Å². The number of fused-ring (bicyclic) bond motifs is 1. The Kier molecular flexibility index (Phi) is 13.4. The van der Waals surface area contributed by atoms with Crippen molar-refractivity contribution in [3.05, 3.63) is 30.0 Å². The van der Waals surface area contributed by atoms with E-state index in [9.17, 15) is 9.59 Å². The number of nitrogens with zero attached hydrogens (tertiary/aromatic N) is 2. The van der Waals surface area contributed by atoms with Crippen LogP contribution in [0.3, 0.4) is 0 Å². The molecule has 6 N–H and O–H groups in total. The number of carbonyl (C=O) groups is 2. The van der Waals surface area contributed by atoms with Crippen LogP contribution < -0.4 is 15.9 Å². The second kappa shape index (κ2) is 16.1. The van der Waals surface area contributed by atoms with Gasteiger partial charge in [0.2, 0.25) is 5.96 Å². The van der Waals surface area contributed by atoms with Gasteiger partial charge in [0, 0.05) is 42.0 Å². The van der Waals surface area contributed by atoms with Gasteiger partial charge in [-0.05, 0) is 37.5 Å². The maximum atomic E-state index is 9.98. The third-order valence-corrected chi connectivity index (χ3v) is 4.63. The summed E-state index contributed by atoms with van der Waals surface area (Å²) in [6.07, 6.45) is 9.09. The second-order valence-electron chi connectivity index (χ2n) is 7.35. The Bertz CT molecular complexity index is 907. The van der Waals surface area contributed by atoms with Crippen molar-refractivity contribution in [1.82, 2.24) is 10.4 Å². The van der Waals surface area contributed by atoms with E-state index in [1.807, 2.05) is 24.4 Å². The van der Waals surface area contributed by atoms with Gasteiger partial charge in [-0.3, -0.25) is 14.6 Å². The molecule has 0 spiro atoms. The van der Waals surface area contributed by atoms with Gasteiger partial charge in [-0.1, -0.05) is 26.2 Å². The number of aliphatic imine (C=N–C) groups is 1. The maximum absolute atomic E-state index is 9.98. The number of nitrogens with two attached hydrogens (primary N) is 1. The number of rotatable bonds is 13. The van der Waals surface area contributed by atoms with Gasteiger partial charge >= 0.3 is 11.9 Å². The Morgan fingerprint density at radius 1 is 1.12 bits per heavy atom. The second-order valence-corrected chi connectivity index (χ2v) is 7.35. The molecule has 1 aromatic heterocycles. The van der Waals surface area contributed by atoms with E-state index in [0.29, 0.717) is 25.2 Å². The van der Waals surface area contributed by atoms with E-state index in [1.54, 1.807) is 13.3 Å². The smallest absolute Gasteiger partial charge is 0.303 e. The van der Waals surface area contributed by atoms with Crippen LogP contribution in [0.4, 0.5) is 0 Å². The number of benzene rings is 1. The van der Waals surface area contributed by atoms with E-state index in [1.165, 1.54) is 6.42 Å². The molecule has 0 atom stereocenters. The molecule has 0 radical (unpaired) electrons. The van der Waals surface area contributed by atoms with Crippen molar-refractivity contribution in [1.29, 1.82) is 0 Å². The van der Waals surface area contributed by atoms with Crippen molar-refractivity contribution in [3.8, 4) is 5.75 Å². The molecule has 10 heteroatoms. The molecule has 10 nitrogen and oxygen atoms in total. The third kappa shape index (κ3) is 12.2. The van der Waals surface area contributed by atoms with Crippen molar-refractivity contribution >= 4 is 35.0 Å². The van der Waals surface area contributed by atoms with E-state index in [-0.39, 0.29) is 12.8 Å². The van der Waals surface area contributed by atoms with Gasteiger partial charge < -0.3 is 25.7 Å². The number of guanidine groups is 1. The van der Waals surface area contributed by atoms with Gasteiger partial charge in [0.1, 0.15) is 5.75 Å². The Balaban J connectivity index is 0.000000420. The van der Waals surface area contributed by atoms with Gasteiger partial charge in [-0.15, -0.1) is 0 Å². The Morgan fingerprint density at radius 3 is 2.42 bits per heavy atom. The molecule has 0 aliphatic heterocycles. The molecule has 0 bridgehead atoms. The monoisotopic (exact) mass is 461 g/mol. The predicted octanol–water partition coefficient (Wildman–Crippen LogP) is 3.71. The average Bonchev–Trinajstić information content (AvgIpc) is 3.18. The lowest BCUT2D eigenvalue weighted by molar-refractivity contribution is -0.137. The topological polar surface area (TPSA) is 162 Å². The van der Waals surface area contributed by atoms with E-state index in [0.717, 1.165) is 41.6 Å². The molecule has 0 amide bonds. The van der Waals surface area contributed by atoms with Crippen LogP contribution in [0.15, 0.2) is 34.5 Å². The number of nitrogens with one attached hydrogen (secondary N) is 2. The number of ether oxygens (including phenoxy) is 1. The minimum Gasteiger partial charge on any atom is -0.497 e. The van der Waals surface area contributed by atoms with Crippen LogP contribution >= 0.6 is 0 Å². The number of hydrogen-bond acceptors (Lipinski definition) is 5. The molecule has 2 aromatic rings. The van der Waals surface area contributed by atoms with E-state index in [4.69, 9.17) is 20.7 Å². The number of aliphatic carboxylic acids is 2. The molecule has 0 aliphatic rings. The van der Waals surface area contributed by atoms with E-state index in [2.05, 4.69) is 27.4 Å². The van der Waals surface area contributed by atoms with Crippen molar-refractivity contribution in [2.45, 2.75) is 58.3 Å². The van der Waals surface area contributed by atoms with Crippen LogP contribution in [0.2, 0.25) is 0 Å². The summed E-state index contributed by atoms with van der Waals surface area (Å²) in [4.78, 5) is 27.4. The highest BCUT2D eigenvalue weighted by Gasteiger charge is 2.03. The largest absolute Gasteiger partial charge is 0.497 e. The summed E-state index contributed by atoms with van der Waals surface area (Å²) < 4.78 is 5.24. The third-order valence-electron chi connectivity index (χ3n) is 4.63. The lowest BCUT2D eigenvalue weighted by Crippen LogP contribution is -2.27. The number of aromatic nitrogens is 1. The fraction of sp³-hybridized carbons (Fsp3) is 0.478. The van der Waals surface area contributed by atoms with Gasteiger partial charge in [-0.2, -0.15) is 5.10 Å². The first-order valence-electron chi connectivity index (χ1n) is 11.0. The average molecular weight is 462 g/mol. The zero-order valence-electron chi connectivity index (χ0n) is 19.3. The van der Waals surface area contributed by atoms with Crippen LogP contribution in [0.1, 0.15) is 63.9 Å². The van der Waals surface area contributed by atoms with Crippen molar-refractivity contribution in [2.75, 3.05) is 13.7 Å². The molecule has 0 unspecified atom stereocenters. The minimum atomic E-state index is -0.819. The fourth-order valence-corrected chi connectivity index (χ4v) is 2.85.